The van der Waals surface area contributed by atoms with Crippen LogP contribution in [0.2, 0.25) is 0 Å². The van der Waals surface area contributed by atoms with Gasteiger partial charge in [-0.3, -0.25) is 0 Å². The normalized spacial score (nSPS) is 11.4. The molecule has 2 aromatic carbocycles. The lowest BCUT2D eigenvalue weighted by Gasteiger charge is -2.05. The molecule has 0 bridgehead atoms. The number of thiophene rings is 1. The minimum absolute atomic E-state index is 0.239. The fraction of sp³-hybridized carbons (Fsp3) is 0.250. The Labute approximate surface area is 119 Å². The maximum Gasteiger partial charge on any atom is 0.182 e. The smallest absolute Gasteiger partial charge is 0.182 e. The van der Waals surface area contributed by atoms with Crippen LogP contribution in [0.25, 0.3) is 20.2 Å². The first-order valence-electron chi connectivity index (χ1n) is 6.56. The van der Waals surface area contributed by atoms with Gasteiger partial charge in [0.2, 0.25) is 0 Å². The monoisotopic (exact) mass is 292 g/mol. The van der Waals surface area contributed by atoms with Crippen molar-refractivity contribution >= 4 is 31.5 Å². The average molecular weight is 292 g/mol. The zero-order valence-corrected chi connectivity index (χ0v) is 12.1. The fourth-order valence-corrected chi connectivity index (χ4v) is 3.46. The van der Waals surface area contributed by atoms with Crippen molar-refractivity contribution < 1.29 is 13.5 Å². The Balaban J connectivity index is 2.27. The van der Waals surface area contributed by atoms with Crippen LogP contribution in [0, 0.1) is 18.6 Å². The van der Waals surface area contributed by atoms with Crippen LogP contribution in [0.1, 0.15) is 18.9 Å². The molecule has 4 heteroatoms. The largest absolute Gasteiger partial charge is 0.490 e. The average Bonchev–Trinajstić information content (AvgIpc) is 2.83. The Bertz CT molecular complexity index is 792. The number of hydrogen-bond acceptors (Lipinski definition) is 2. The molecule has 3 rings (SSSR count). The summed E-state index contributed by atoms with van der Waals surface area (Å²) in [6, 6.07) is 7.00. The van der Waals surface area contributed by atoms with E-state index < -0.39 is 5.82 Å². The predicted molar refractivity (Wildman–Crippen MR) is 79.8 cm³/mol. The molecule has 0 saturated heterocycles. The van der Waals surface area contributed by atoms with Crippen molar-refractivity contribution in [3.8, 4) is 5.75 Å². The summed E-state index contributed by atoms with van der Waals surface area (Å²) in [5, 5.41) is 1.50. The Morgan fingerprint density at radius 1 is 1.00 bits per heavy atom. The Morgan fingerprint density at radius 3 is 2.35 bits per heavy atom. The van der Waals surface area contributed by atoms with E-state index in [1.807, 2.05) is 13.0 Å². The predicted octanol–water partition coefficient (Wildman–Crippen LogP) is 5.43. The van der Waals surface area contributed by atoms with Crippen LogP contribution < -0.4 is 4.74 Å². The van der Waals surface area contributed by atoms with E-state index in [0.717, 1.165) is 28.5 Å². The van der Waals surface area contributed by atoms with E-state index in [1.165, 1.54) is 0 Å². The lowest BCUT2D eigenvalue weighted by Crippen LogP contribution is -1.97. The van der Waals surface area contributed by atoms with Crippen molar-refractivity contribution in [3.05, 3.63) is 41.5 Å². The van der Waals surface area contributed by atoms with E-state index in [1.54, 1.807) is 25.1 Å². The maximum absolute atomic E-state index is 14.4. The second-order valence-corrected chi connectivity index (χ2v) is 5.80. The molecule has 0 unspecified atom stereocenters. The summed E-state index contributed by atoms with van der Waals surface area (Å²) in [5.41, 5.74) is 0.576. The highest BCUT2D eigenvalue weighted by atomic mass is 32.1. The van der Waals surface area contributed by atoms with Gasteiger partial charge in [0.05, 0.1) is 16.0 Å². The van der Waals surface area contributed by atoms with Crippen molar-refractivity contribution in [2.45, 2.75) is 20.3 Å². The van der Waals surface area contributed by atoms with Gasteiger partial charge in [0.15, 0.2) is 11.6 Å². The Hall–Kier alpha value is -1.68. The second-order valence-electron chi connectivity index (χ2n) is 4.78. The summed E-state index contributed by atoms with van der Waals surface area (Å²) in [7, 11) is 0. The number of halogens is 2. The molecule has 0 spiro atoms. The number of fused-ring (bicyclic) bond motifs is 3. The van der Waals surface area contributed by atoms with E-state index >= 15 is 0 Å². The summed E-state index contributed by atoms with van der Waals surface area (Å²) in [6.07, 6.45) is 0.817. The summed E-state index contributed by atoms with van der Waals surface area (Å²) < 4.78 is 34.9. The van der Waals surface area contributed by atoms with Gasteiger partial charge in [0.25, 0.3) is 0 Å². The van der Waals surface area contributed by atoms with Crippen molar-refractivity contribution in [1.29, 1.82) is 0 Å². The van der Waals surface area contributed by atoms with Gasteiger partial charge in [-0.25, -0.2) is 8.78 Å². The third kappa shape index (κ3) is 1.95. The van der Waals surface area contributed by atoms with Gasteiger partial charge >= 0.3 is 0 Å². The van der Waals surface area contributed by atoms with Crippen LogP contribution in [0.4, 0.5) is 8.78 Å². The first-order chi connectivity index (χ1) is 9.63. The molecule has 1 nitrogen and oxygen atoms in total. The van der Waals surface area contributed by atoms with Gasteiger partial charge in [0, 0.05) is 10.8 Å². The zero-order valence-electron chi connectivity index (χ0n) is 11.3. The van der Waals surface area contributed by atoms with E-state index in [9.17, 15) is 8.78 Å². The van der Waals surface area contributed by atoms with E-state index in [2.05, 4.69) is 0 Å². The minimum Gasteiger partial charge on any atom is -0.490 e. The molecule has 3 aromatic rings. The molecule has 20 heavy (non-hydrogen) atoms. The highest BCUT2D eigenvalue weighted by molar-refractivity contribution is 7.25. The lowest BCUT2D eigenvalue weighted by atomic mass is 10.1. The molecule has 0 saturated carbocycles. The van der Waals surface area contributed by atoms with Crippen LogP contribution in [-0.2, 0) is 0 Å². The molecule has 0 amide bonds. The molecule has 1 aromatic heterocycles. The number of hydrogen-bond donors (Lipinski definition) is 0. The van der Waals surface area contributed by atoms with Gasteiger partial charge in [-0.05, 0) is 31.0 Å². The SMILES string of the molecule is CCCOc1ccc2c(sc3c(F)c(C)ccc32)c1F. The van der Waals surface area contributed by atoms with E-state index in [-0.39, 0.29) is 11.6 Å². The molecule has 0 aliphatic heterocycles. The first kappa shape index (κ1) is 13.3. The lowest BCUT2D eigenvalue weighted by molar-refractivity contribution is 0.303. The van der Waals surface area contributed by atoms with Crippen LogP contribution in [0.15, 0.2) is 24.3 Å². The Kier molecular flexibility index (Phi) is 3.34. The number of benzene rings is 2. The summed E-state index contributed by atoms with van der Waals surface area (Å²) in [6.45, 7) is 4.15. The third-order valence-corrected chi connectivity index (χ3v) is 4.51. The van der Waals surface area contributed by atoms with Gasteiger partial charge in [-0.15, -0.1) is 11.3 Å². The van der Waals surface area contributed by atoms with E-state index in [0.29, 0.717) is 21.6 Å². The third-order valence-electron chi connectivity index (χ3n) is 3.31. The van der Waals surface area contributed by atoms with Gasteiger partial charge < -0.3 is 4.74 Å². The van der Waals surface area contributed by atoms with Crippen molar-refractivity contribution in [1.82, 2.24) is 0 Å². The van der Waals surface area contributed by atoms with Gasteiger partial charge in [0.1, 0.15) is 5.82 Å². The maximum atomic E-state index is 14.4. The second kappa shape index (κ2) is 5.02. The quantitative estimate of drug-likeness (QED) is 0.625. The molecule has 104 valence electrons. The molecule has 0 aliphatic rings. The van der Waals surface area contributed by atoms with E-state index in [4.69, 9.17) is 4.74 Å². The van der Waals surface area contributed by atoms with Gasteiger partial charge in [-0.2, -0.15) is 0 Å². The number of rotatable bonds is 3. The standard InChI is InChI=1S/C16H14F2OS/c1-3-8-19-12-7-6-11-10-5-4-9(2)13(17)15(10)20-16(11)14(12)18/h4-7H,3,8H2,1-2H3. The number of aryl methyl sites for hydroxylation is 1. The van der Waals surface area contributed by atoms with Crippen LogP contribution in [0.5, 0.6) is 5.75 Å². The topological polar surface area (TPSA) is 9.23 Å². The number of ether oxygens (including phenoxy) is 1. The van der Waals surface area contributed by atoms with Crippen LogP contribution in [0.3, 0.4) is 0 Å². The summed E-state index contributed by atoms with van der Waals surface area (Å²) in [5.74, 6) is -0.420. The van der Waals surface area contributed by atoms with Crippen LogP contribution in [-0.4, -0.2) is 6.61 Å². The molecule has 0 atom stereocenters. The molecule has 0 radical (unpaired) electrons. The minimum atomic E-state index is -0.394. The zero-order chi connectivity index (χ0) is 14.3. The molecular weight excluding hydrogens is 278 g/mol. The highest BCUT2D eigenvalue weighted by Crippen LogP contribution is 2.40. The first-order valence-corrected chi connectivity index (χ1v) is 7.37. The fourth-order valence-electron chi connectivity index (χ4n) is 2.24. The molecule has 0 fully saturated rings. The molecule has 0 aliphatic carbocycles. The molecule has 0 N–H and O–H groups in total. The van der Waals surface area contributed by atoms with Crippen molar-refractivity contribution in [3.63, 3.8) is 0 Å². The van der Waals surface area contributed by atoms with Crippen molar-refractivity contribution in [2.75, 3.05) is 6.61 Å². The summed E-state index contributed by atoms with van der Waals surface area (Å²) >= 11 is 1.15. The van der Waals surface area contributed by atoms with Crippen molar-refractivity contribution in [2.24, 2.45) is 0 Å². The van der Waals surface area contributed by atoms with Crippen LogP contribution >= 0.6 is 11.3 Å². The van der Waals surface area contributed by atoms with Gasteiger partial charge in [-0.1, -0.05) is 19.1 Å². The molecule has 1 heterocycles. The summed E-state index contributed by atoms with van der Waals surface area (Å²) in [4.78, 5) is 0. The Morgan fingerprint density at radius 2 is 1.65 bits per heavy atom. The molecular formula is C16H14F2OS. The highest BCUT2D eigenvalue weighted by Gasteiger charge is 2.16.